The summed E-state index contributed by atoms with van der Waals surface area (Å²) in [4.78, 5) is 11.4. The molecule has 0 spiro atoms. The van der Waals surface area contributed by atoms with E-state index in [2.05, 4.69) is 10.6 Å². The molecular weight excluding hydrogens is 254 g/mol. The van der Waals surface area contributed by atoms with Gasteiger partial charge in [-0.05, 0) is 30.2 Å². The quantitative estimate of drug-likeness (QED) is 0.764. The number of primary sulfonamides is 1. The van der Waals surface area contributed by atoms with E-state index in [-0.39, 0.29) is 10.9 Å². The van der Waals surface area contributed by atoms with E-state index >= 15 is 0 Å². The normalized spacial score (nSPS) is 11.3. The van der Waals surface area contributed by atoms with Crippen molar-refractivity contribution in [1.29, 1.82) is 0 Å². The maximum Gasteiger partial charge on any atom is 0.319 e. The second-order valence-corrected chi connectivity index (χ2v) is 5.86. The zero-order valence-electron chi connectivity index (χ0n) is 10.3. The standard InChI is InChI=1S/C11H17N3O3S/c1-8(2)7-13-11(15)14-9-3-5-10(6-4-9)18(12,16)17/h3-6,8H,7H2,1-2H3,(H2,12,16,17)(H2,13,14,15). The number of hydrogen-bond donors (Lipinski definition) is 3. The van der Waals surface area contributed by atoms with Crippen LogP contribution in [0.5, 0.6) is 0 Å². The smallest absolute Gasteiger partial charge is 0.319 e. The number of hydrogen-bond acceptors (Lipinski definition) is 3. The predicted molar refractivity (Wildman–Crippen MR) is 69.7 cm³/mol. The van der Waals surface area contributed by atoms with Gasteiger partial charge in [-0.25, -0.2) is 18.4 Å². The van der Waals surface area contributed by atoms with Crippen LogP contribution in [0.1, 0.15) is 13.8 Å². The molecule has 6 nitrogen and oxygen atoms in total. The molecule has 1 rings (SSSR count). The van der Waals surface area contributed by atoms with E-state index in [0.29, 0.717) is 18.2 Å². The van der Waals surface area contributed by atoms with E-state index in [1.165, 1.54) is 24.3 Å². The first-order valence-electron chi connectivity index (χ1n) is 5.47. The minimum Gasteiger partial charge on any atom is -0.338 e. The topological polar surface area (TPSA) is 101 Å². The van der Waals surface area contributed by atoms with Gasteiger partial charge in [0.2, 0.25) is 10.0 Å². The van der Waals surface area contributed by atoms with Gasteiger partial charge in [0, 0.05) is 12.2 Å². The van der Waals surface area contributed by atoms with E-state index < -0.39 is 10.0 Å². The summed E-state index contributed by atoms with van der Waals surface area (Å²) in [5.74, 6) is 0.362. The van der Waals surface area contributed by atoms with E-state index in [0.717, 1.165) is 0 Å². The molecule has 0 fully saturated rings. The van der Waals surface area contributed by atoms with Crippen molar-refractivity contribution in [3.05, 3.63) is 24.3 Å². The molecule has 0 saturated carbocycles. The van der Waals surface area contributed by atoms with Crippen LogP contribution in [0.2, 0.25) is 0 Å². The van der Waals surface area contributed by atoms with Crippen molar-refractivity contribution in [2.24, 2.45) is 11.1 Å². The van der Waals surface area contributed by atoms with Crippen molar-refractivity contribution in [1.82, 2.24) is 5.32 Å². The lowest BCUT2D eigenvalue weighted by molar-refractivity contribution is 0.251. The van der Waals surface area contributed by atoms with E-state index in [9.17, 15) is 13.2 Å². The number of amides is 2. The Morgan fingerprint density at radius 3 is 2.28 bits per heavy atom. The van der Waals surface area contributed by atoms with Crippen LogP contribution >= 0.6 is 0 Å². The van der Waals surface area contributed by atoms with Crippen LogP contribution in [0.4, 0.5) is 10.5 Å². The first kappa shape index (κ1) is 14.5. The SMILES string of the molecule is CC(C)CNC(=O)Nc1ccc(S(N)(=O)=O)cc1. The fraction of sp³-hybridized carbons (Fsp3) is 0.364. The summed E-state index contributed by atoms with van der Waals surface area (Å²) in [6.45, 7) is 4.55. The van der Waals surface area contributed by atoms with Gasteiger partial charge in [0.15, 0.2) is 0 Å². The Morgan fingerprint density at radius 2 is 1.83 bits per heavy atom. The maximum absolute atomic E-state index is 11.4. The fourth-order valence-corrected chi connectivity index (χ4v) is 1.72. The van der Waals surface area contributed by atoms with Gasteiger partial charge < -0.3 is 10.6 Å². The highest BCUT2D eigenvalue weighted by atomic mass is 32.2. The van der Waals surface area contributed by atoms with Crippen molar-refractivity contribution in [3.8, 4) is 0 Å². The Kier molecular flexibility index (Phi) is 4.69. The maximum atomic E-state index is 11.4. The van der Waals surface area contributed by atoms with Crippen LogP contribution < -0.4 is 15.8 Å². The minimum atomic E-state index is -3.70. The van der Waals surface area contributed by atoms with Gasteiger partial charge in [-0.15, -0.1) is 0 Å². The molecule has 0 aliphatic carbocycles. The van der Waals surface area contributed by atoms with Gasteiger partial charge in [0.25, 0.3) is 0 Å². The number of urea groups is 1. The molecule has 2 amide bonds. The molecule has 0 aliphatic rings. The molecule has 0 atom stereocenters. The number of carbonyl (C=O) groups is 1. The lowest BCUT2D eigenvalue weighted by Gasteiger charge is -2.09. The van der Waals surface area contributed by atoms with E-state index in [1.54, 1.807) is 0 Å². The first-order chi connectivity index (χ1) is 8.29. The number of nitrogens with two attached hydrogens (primary N) is 1. The molecule has 0 aromatic heterocycles. The zero-order valence-corrected chi connectivity index (χ0v) is 11.1. The van der Waals surface area contributed by atoms with Crippen molar-refractivity contribution in [3.63, 3.8) is 0 Å². The third-order valence-electron chi connectivity index (χ3n) is 2.11. The predicted octanol–water partition coefficient (Wildman–Crippen LogP) is 1.11. The van der Waals surface area contributed by atoms with Gasteiger partial charge in [0.05, 0.1) is 4.90 Å². The third kappa shape index (κ3) is 4.72. The Balaban J connectivity index is 2.62. The lowest BCUT2D eigenvalue weighted by atomic mass is 10.2. The molecule has 1 aromatic carbocycles. The summed E-state index contributed by atoms with van der Waals surface area (Å²) in [5.41, 5.74) is 0.503. The third-order valence-corrected chi connectivity index (χ3v) is 3.04. The van der Waals surface area contributed by atoms with Crippen molar-refractivity contribution < 1.29 is 13.2 Å². The van der Waals surface area contributed by atoms with Crippen molar-refractivity contribution >= 4 is 21.7 Å². The molecule has 0 unspecified atom stereocenters. The van der Waals surface area contributed by atoms with Gasteiger partial charge in [-0.1, -0.05) is 13.8 Å². The van der Waals surface area contributed by atoms with Crippen LogP contribution in [0, 0.1) is 5.92 Å². The highest BCUT2D eigenvalue weighted by Crippen LogP contribution is 2.12. The summed E-state index contributed by atoms with van der Waals surface area (Å²) in [6.07, 6.45) is 0. The Labute approximate surface area is 107 Å². The monoisotopic (exact) mass is 271 g/mol. The Bertz CT molecular complexity index is 509. The molecule has 0 saturated heterocycles. The average molecular weight is 271 g/mol. The zero-order chi connectivity index (χ0) is 13.8. The largest absolute Gasteiger partial charge is 0.338 e. The lowest BCUT2D eigenvalue weighted by Crippen LogP contribution is -2.31. The molecular formula is C11H17N3O3S. The van der Waals surface area contributed by atoms with Crippen LogP contribution in [0.15, 0.2) is 29.2 Å². The highest BCUT2D eigenvalue weighted by molar-refractivity contribution is 7.89. The highest BCUT2D eigenvalue weighted by Gasteiger charge is 2.07. The second kappa shape index (κ2) is 5.83. The summed E-state index contributed by atoms with van der Waals surface area (Å²) in [5, 5.41) is 10.2. The molecule has 100 valence electrons. The van der Waals surface area contributed by atoms with Gasteiger partial charge in [0.1, 0.15) is 0 Å². The number of nitrogens with one attached hydrogen (secondary N) is 2. The summed E-state index contributed by atoms with van der Waals surface area (Å²) >= 11 is 0. The number of rotatable bonds is 4. The van der Waals surface area contributed by atoms with E-state index in [1.807, 2.05) is 13.8 Å². The van der Waals surface area contributed by atoms with Gasteiger partial charge in [-0.3, -0.25) is 0 Å². The first-order valence-corrected chi connectivity index (χ1v) is 7.01. The molecule has 4 N–H and O–H groups in total. The van der Waals surface area contributed by atoms with Crippen LogP contribution in [0.3, 0.4) is 0 Å². The number of anilines is 1. The Morgan fingerprint density at radius 1 is 1.28 bits per heavy atom. The molecule has 0 bridgehead atoms. The van der Waals surface area contributed by atoms with Gasteiger partial charge in [-0.2, -0.15) is 0 Å². The fourth-order valence-electron chi connectivity index (χ4n) is 1.20. The molecule has 7 heteroatoms. The summed E-state index contributed by atoms with van der Waals surface area (Å²) < 4.78 is 22.0. The molecule has 0 aliphatic heterocycles. The molecule has 1 aromatic rings. The number of sulfonamides is 1. The van der Waals surface area contributed by atoms with Gasteiger partial charge >= 0.3 is 6.03 Å². The summed E-state index contributed by atoms with van der Waals surface area (Å²) in [7, 11) is -3.70. The number of carbonyl (C=O) groups excluding carboxylic acids is 1. The molecule has 0 radical (unpaired) electrons. The van der Waals surface area contributed by atoms with Crippen LogP contribution in [-0.4, -0.2) is 21.0 Å². The average Bonchev–Trinajstić information content (AvgIpc) is 2.26. The minimum absolute atomic E-state index is 0.00985. The molecule has 0 heterocycles. The van der Waals surface area contributed by atoms with E-state index in [4.69, 9.17) is 5.14 Å². The van der Waals surface area contributed by atoms with Crippen molar-refractivity contribution in [2.45, 2.75) is 18.7 Å². The Hall–Kier alpha value is -1.60. The number of benzene rings is 1. The summed E-state index contributed by atoms with van der Waals surface area (Å²) in [6, 6.07) is 5.32. The van der Waals surface area contributed by atoms with Crippen molar-refractivity contribution in [2.75, 3.05) is 11.9 Å². The van der Waals surface area contributed by atoms with Crippen LogP contribution in [-0.2, 0) is 10.0 Å². The second-order valence-electron chi connectivity index (χ2n) is 4.30. The van der Waals surface area contributed by atoms with Crippen LogP contribution in [0.25, 0.3) is 0 Å². The molecule has 18 heavy (non-hydrogen) atoms.